The first kappa shape index (κ1) is 13.6. The maximum atomic E-state index is 2.64. The van der Waals surface area contributed by atoms with Gasteiger partial charge < -0.3 is 9.80 Å². The van der Waals surface area contributed by atoms with Gasteiger partial charge in [0.05, 0.1) is 0 Å². The van der Waals surface area contributed by atoms with Crippen molar-refractivity contribution in [3.8, 4) is 0 Å². The zero-order chi connectivity index (χ0) is 12.8. The second-order valence-electron chi connectivity index (χ2n) is 5.43. The highest BCUT2D eigenvalue weighted by molar-refractivity contribution is 5.14. The highest BCUT2D eigenvalue weighted by Crippen LogP contribution is 2.11. The van der Waals surface area contributed by atoms with E-state index in [0.29, 0.717) is 0 Å². The van der Waals surface area contributed by atoms with Crippen molar-refractivity contribution in [3.63, 3.8) is 0 Å². The van der Waals surface area contributed by atoms with Crippen LogP contribution in [0.4, 0.5) is 0 Å². The Morgan fingerprint density at radius 2 is 1.94 bits per heavy atom. The largest absolute Gasteiger partial charge is 0.301 e. The van der Waals surface area contributed by atoms with Crippen LogP contribution in [0.2, 0.25) is 0 Å². The summed E-state index contributed by atoms with van der Waals surface area (Å²) in [4.78, 5) is 5.14. The SMILES string of the molecule is CCC1CN(CCCc2ccccc2)CCN1C. The molecule has 0 aliphatic carbocycles. The third-order valence-electron chi connectivity index (χ3n) is 4.12. The fourth-order valence-corrected chi connectivity index (χ4v) is 2.81. The fourth-order valence-electron chi connectivity index (χ4n) is 2.81. The Morgan fingerprint density at radius 1 is 1.17 bits per heavy atom. The fraction of sp³-hybridized carbons (Fsp3) is 0.625. The molecule has 100 valence electrons. The Hall–Kier alpha value is -0.860. The van der Waals surface area contributed by atoms with Crippen molar-refractivity contribution in [1.29, 1.82) is 0 Å². The third-order valence-corrected chi connectivity index (χ3v) is 4.12. The van der Waals surface area contributed by atoms with Gasteiger partial charge in [0.1, 0.15) is 0 Å². The summed E-state index contributed by atoms with van der Waals surface area (Å²) >= 11 is 0. The minimum Gasteiger partial charge on any atom is -0.301 e. The quantitative estimate of drug-likeness (QED) is 0.788. The van der Waals surface area contributed by atoms with Crippen molar-refractivity contribution in [2.75, 3.05) is 33.2 Å². The number of benzene rings is 1. The summed E-state index contributed by atoms with van der Waals surface area (Å²) in [6.07, 6.45) is 3.76. The van der Waals surface area contributed by atoms with Crippen LogP contribution in [0.15, 0.2) is 30.3 Å². The summed E-state index contributed by atoms with van der Waals surface area (Å²) in [5.74, 6) is 0. The molecule has 1 fully saturated rings. The summed E-state index contributed by atoms with van der Waals surface area (Å²) in [6.45, 7) is 7.27. The minimum absolute atomic E-state index is 0.760. The van der Waals surface area contributed by atoms with E-state index in [4.69, 9.17) is 0 Å². The highest BCUT2D eigenvalue weighted by atomic mass is 15.3. The number of hydrogen-bond acceptors (Lipinski definition) is 2. The van der Waals surface area contributed by atoms with E-state index in [1.54, 1.807) is 0 Å². The predicted octanol–water partition coefficient (Wildman–Crippen LogP) is 2.65. The third kappa shape index (κ3) is 3.82. The molecule has 2 rings (SSSR count). The van der Waals surface area contributed by atoms with E-state index >= 15 is 0 Å². The van der Waals surface area contributed by atoms with Crippen LogP contribution in [0.5, 0.6) is 0 Å². The topological polar surface area (TPSA) is 6.48 Å². The van der Waals surface area contributed by atoms with Gasteiger partial charge in [-0.25, -0.2) is 0 Å². The van der Waals surface area contributed by atoms with E-state index in [9.17, 15) is 0 Å². The van der Waals surface area contributed by atoms with Crippen LogP contribution in [0.1, 0.15) is 25.3 Å². The first-order valence-corrected chi connectivity index (χ1v) is 7.26. The van der Waals surface area contributed by atoms with Gasteiger partial charge in [-0.1, -0.05) is 37.3 Å². The molecule has 1 aliphatic rings. The molecule has 1 atom stereocenters. The van der Waals surface area contributed by atoms with Crippen LogP contribution in [0.3, 0.4) is 0 Å². The number of likely N-dealkylation sites (N-methyl/N-ethyl adjacent to an activating group) is 1. The van der Waals surface area contributed by atoms with Crippen LogP contribution < -0.4 is 0 Å². The van der Waals surface area contributed by atoms with Gasteiger partial charge in [-0.2, -0.15) is 0 Å². The molecule has 1 unspecified atom stereocenters. The minimum atomic E-state index is 0.760. The normalized spacial score (nSPS) is 22.2. The monoisotopic (exact) mass is 246 g/mol. The molecule has 1 aromatic carbocycles. The molecule has 0 N–H and O–H groups in total. The molecular formula is C16H26N2. The van der Waals surface area contributed by atoms with Gasteiger partial charge >= 0.3 is 0 Å². The van der Waals surface area contributed by atoms with Crippen LogP contribution >= 0.6 is 0 Å². The Balaban J connectivity index is 1.71. The molecule has 0 amide bonds. The summed E-state index contributed by atoms with van der Waals surface area (Å²) < 4.78 is 0. The van der Waals surface area contributed by atoms with Gasteiger partial charge in [0.25, 0.3) is 0 Å². The molecule has 0 radical (unpaired) electrons. The Labute approximate surface area is 112 Å². The van der Waals surface area contributed by atoms with Crippen molar-refractivity contribution >= 4 is 0 Å². The number of nitrogens with zero attached hydrogens (tertiary/aromatic N) is 2. The number of aryl methyl sites for hydroxylation is 1. The Morgan fingerprint density at radius 3 is 2.67 bits per heavy atom. The lowest BCUT2D eigenvalue weighted by atomic mass is 10.1. The molecule has 0 bridgehead atoms. The van der Waals surface area contributed by atoms with Crippen LogP contribution in [-0.2, 0) is 6.42 Å². The van der Waals surface area contributed by atoms with Crippen molar-refractivity contribution in [2.24, 2.45) is 0 Å². The van der Waals surface area contributed by atoms with Gasteiger partial charge in [0, 0.05) is 25.7 Å². The van der Waals surface area contributed by atoms with Gasteiger partial charge in [-0.05, 0) is 38.4 Å². The molecule has 1 saturated heterocycles. The lowest BCUT2D eigenvalue weighted by Crippen LogP contribution is -2.51. The summed E-state index contributed by atoms with van der Waals surface area (Å²) in [7, 11) is 2.26. The maximum Gasteiger partial charge on any atom is 0.0218 e. The molecule has 1 aromatic rings. The first-order chi connectivity index (χ1) is 8.79. The molecular weight excluding hydrogens is 220 g/mol. The zero-order valence-corrected chi connectivity index (χ0v) is 11.8. The van der Waals surface area contributed by atoms with Crippen LogP contribution in [0.25, 0.3) is 0 Å². The maximum absolute atomic E-state index is 2.64. The summed E-state index contributed by atoms with van der Waals surface area (Å²) in [5.41, 5.74) is 1.47. The van der Waals surface area contributed by atoms with E-state index in [0.717, 1.165) is 6.04 Å². The number of piperazine rings is 1. The van der Waals surface area contributed by atoms with E-state index in [1.807, 2.05) is 0 Å². The van der Waals surface area contributed by atoms with Crippen LogP contribution in [0, 0.1) is 0 Å². The van der Waals surface area contributed by atoms with Gasteiger partial charge in [-0.3, -0.25) is 0 Å². The molecule has 18 heavy (non-hydrogen) atoms. The lowest BCUT2D eigenvalue weighted by Gasteiger charge is -2.39. The van der Waals surface area contributed by atoms with Crippen molar-refractivity contribution < 1.29 is 0 Å². The Kier molecular flexibility index (Phi) is 5.21. The van der Waals surface area contributed by atoms with Crippen molar-refractivity contribution in [3.05, 3.63) is 35.9 Å². The van der Waals surface area contributed by atoms with Gasteiger partial charge in [0.2, 0.25) is 0 Å². The van der Waals surface area contributed by atoms with Crippen LogP contribution in [-0.4, -0.2) is 49.1 Å². The molecule has 0 spiro atoms. The zero-order valence-electron chi connectivity index (χ0n) is 11.8. The first-order valence-electron chi connectivity index (χ1n) is 7.26. The Bertz CT molecular complexity index is 336. The van der Waals surface area contributed by atoms with Gasteiger partial charge in [-0.15, -0.1) is 0 Å². The lowest BCUT2D eigenvalue weighted by molar-refractivity contribution is 0.0926. The molecule has 0 saturated carbocycles. The summed E-state index contributed by atoms with van der Waals surface area (Å²) in [6, 6.07) is 11.6. The van der Waals surface area contributed by atoms with E-state index in [1.165, 1.54) is 51.0 Å². The van der Waals surface area contributed by atoms with Crippen molar-refractivity contribution in [1.82, 2.24) is 9.80 Å². The standard InChI is InChI=1S/C16H26N2/c1-3-16-14-18(13-12-17(16)2)11-7-10-15-8-5-4-6-9-15/h4-6,8-9,16H,3,7,10-14H2,1-2H3. The number of rotatable bonds is 5. The molecule has 0 aromatic heterocycles. The van der Waals surface area contributed by atoms with E-state index in [2.05, 4.69) is 54.1 Å². The number of hydrogen-bond donors (Lipinski definition) is 0. The van der Waals surface area contributed by atoms with E-state index < -0.39 is 0 Å². The molecule has 1 aliphatic heterocycles. The second-order valence-corrected chi connectivity index (χ2v) is 5.43. The van der Waals surface area contributed by atoms with Crippen molar-refractivity contribution in [2.45, 2.75) is 32.2 Å². The van der Waals surface area contributed by atoms with E-state index in [-0.39, 0.29) is 0 Å². The predicted molar refractivity (Wildman–Crippen MR) is 77.9 cm³/mol. The molecule has 2 nitrogen and oxygen atoms in total. The second kappa shape index (κ2) is 6.91. The average Bonchev–Trinajstić information content (AvgIpc) is 2.42. The highest BCUT2D eigenvalue weighted by Gasteiger charge is 2.21. The van der Waals surface area contributed by atoms with Gasteiger partial charge in [0.15, 0.2) is 0 Å². The summed E-state index contributed by atoms with van der Waals surface area (Å²) in [5, 5.41) is 0. The molecule has 2 heteroatoms. The smallest absolute Gasteiger partial charge is 0.0218 e. The average molecular weight is 246 g/mol. The molecule has 1 heterocycles.